The van der Waals surface area contributed by atoms with Crippen LogP contribution in [0.3, 0.4) is 0 Å². The number of nitrogens with zero attached hydrogens (tertiary/aromatic N) is 2. The Labute approximate surface area is 109 Å². The predicted octanol–water partition coefficient (Wildman–Crippen LogP) is 2.49. The van der Waals surface area contributed by atoms with Crippen LogP contribution < -0.4 is 10.6 Å². The number of pyridine rings is 1. The summed E-state index contributed by atoms with van der Waals surface area (Å²) < 4.78 is 5.00. The number of nitrogens with two attached hydrogens (primary N) is 1. The summed E-state index contributed by atoms with van der Waals surface area (Å²) in [6.45, 7) is 0. The topological polar surface area (TPSA) is 68.2 Å². The lowest BCUT2D eigenvalue weighted by Gasteiger charge is -2.04. The first-order valence-electron chi connectivity index (χ1n) is 5.07. The fourth-order valence-electron chi connectivity index (χ4n) is 1.50. The van der Waals surface area contributed by atoms with Crippen LogP contribution in [0.4, 0.5) is 5.69 Å². The van der Waals surface area contributed by atoms with Crippen molar-refractivity contribution in [2.24, 2.45) is 5.84 Å². The third-order valence-corrected chi connectivity index (χ3v) is 2.66. The highest BCUT2D eigenvalue weighted by molar-refractivity contribution is 6.33. The van der Waals surface area contributed by atoms with Crippen LogP contribution in [0.5, 0.6) is 5.88 Å². The van der Waals surface area contributed by atoms with Crippen LogP contribution in [-0.4, -0.2) is 17.0 Å². The van der Waals surface area contributed by atoms with E-state index in [1.165, 1.54) is 13.2 Å². The number of hydrogen-bond acceptors (Lipinski definition) is 3. The van der Waals surface area contributed by atoms with Gasteiger partial charge in [0.1, 0.15) is 0 Å². The van der Waals surface area contributed by atoms with E-state index < -0.39 is 0 Å². The van der Waals surface area contributed by atoms with Gasteiger partial charge in [-0.05, 0) is 12.1 Å². The van der Waals surface area contributed by atoms with Crippen LogP contribution in [0, 0.1) is 11.0 Å². The van der Waals surface area contributed by atoms with Gasteiger partial charge in [-0.3, -0.25) is 0 Å². The zero-order chi connectivity index (χ0) is 13.1. The van der Waals surface area contributed by atoms with E-state index in [0.29, 0.717) is 10.7 Å². The number of rotatable bonds is 3. The molecule has 1 heterocycles. The molecular weight excluding hydrogens is 254 g/mol. The molecule has 2 N–H and O–H groups in total. The van der Waals surface area contributed by atoms with Crippen molar-refractivity contribution in [3.63, 3.8) is 0 Å². The summed E-state index contributed by atoms with van der Waals surface area (Å²) in [7, 11) is 1.40. The quantitative estimate of drug-likeness (QED) is 0.525. The average molecular weight is 264 g/mol. The van der Waals surface area contributed by atoms with Gasteiger partial charge >= 0.3 is 5.69 Å². The SMILES string of the molecule is COc1nc(-c2ccccc2Cl)c[c]c1[N+](N)=O. The third-order valence-electron chi connectivity index (χ3n) is 2.33. The van der Waals surface area contributed by atoms with Gasteiger partial charge in [-0.15, -0.1) is 0 Å². The molecule has 91 valence electrons. The summed E-state index contributed by atoms with van der Waals surface area (Å²) in [5.41, 5.74) is 1.33. The number of halogens is 1. The minimum absolute atomic E-state index is 0.0355. The second-order valence-corrected chi connectivity index (χ2v) is 3.86. The molecule has 0 aliphatic rings. The Morgan fingerprint density at radius 2 is 2.17 bits per heavy atom. The summed E-state index contributed by atoms with van der Waals surface area (Å²) in [6.07, 6.45) is 0. The molecule has 1 aromatic heterocycles. The summed E-state index contributed by atoms with van der Waals surface area (Å²) in [5, 5.41) is 0.555. The minimum Gasteiger partial charge on any atom is -0.476 e. The lowest BCUT2D eigenvalue weighted by atomic mass is 10.1. The van der Waals surface area contributed by atoms with Gasteiger partial charge in [0.2, 0.25) is 0 Å². The molecule has 0 spiro atoms. The molecule has 2 aromatic rings. The van der Waals surface area contributed by atoms with Crippen LogP contribution in [0.2, 0.25) is 5.02 Å². The van der Waals surface area contributed by atoms with Crippen LogP contribution in [0.25, 0.3) is 11.3 Å². The number of methoxy groups -OCH3 is 1. The molecule has 5 nitrogen and oxygen atoms in total. The molecule has 18 heavy (non-hydrogen) atoms. The van der Waals surface area contributed by atoms with Crippen molar-refractivity contribution in [1.82, 2.24) is 4.98 Å². The Bertz CT molecular complexity index is 602. The molecule has 0 aliphatic heterocycles. The first kappa shape index (κ1) is 12.3. The molecule has 6 heteroatoms. The zero-order valence-corrected chi connectivity index (χ0v) is 10.3. The lowest BCUT2D eigenvalue weighted by molar-refractivity contribution is -0.475. The lowest BCUT2D eigenvalue weighted by Crippen LogP contribution is -2.11. The summed E-state index contributed by atoms with van der Waals surface area (Å²) in [4.78, 5) is 15.4. The molecule has 0 fully saturated rings. The first-order valence-corrected chi connectivity index (χ1v) is 5.45. The number of ether oxygens (including phenoxy) is 1. The molecule has 0 unspecified atom stereocenters. The van der Waals surface area contributed by atoms with Crippen molar-refractivity contribution in [3.05, 3.63) is 46.3 Å². The Morgan fingerprint density at radius 1 is 1.44 bits per heavy atom. The van der Waals surface area contributed by atoms with Gasteiger partial charge in [0.15, 0.2) is 4.87 Å². The monoisotopic (exact) mass is 263 g/mol. The van der Waals surface area contributed by atoms with Crippen molar-refractivity contribution < 1.29 is 9.61 Å². The highest BCUT2D eigenvalue weighted by atomic mass is 35.5. The van der Waals surface area contributed by atoms with Crippen molar-refractivity contribution in [3.8, 4) is 17.1 Å². The van der Waals surface area contributed by atoms with Crippen LogP contribution in [-0.2, 0) is 0 Å². The van der Waals surface area contributed by atoms with E-state index in [2.05, 4.69) is 11.1 Å². The molecule has 2 rings (SSSR count). The van der Waals surface area contributed by atoms with Crippen LogP contribution in [0.15, 0.2) is 30.3 Å². The maximum atomic E-state index is 11.1. The van der Waals surface area contributed by atoms with Gasteiger partial charge in [0, 0.05) is 10.6 Å². The highest BCUT2D eigenvalue weighted by Crippen LogP contribution is 2.30. The van der Waals surface area contributed by atoms with E-state index >= 15 is 0 Å². The van der Waals surface area contributed by atoms with Crippen molar-refractivity contribution in [2.45, 2.75) is 0 Å². The molecule has 0 amide bonds. The number of hydrazine groups is 1. The highest BCUT2D eigenvalue weighted by Gasteiger charge is 2.20. The fraction of sp³-hybridized carbons (Fsp3) is 0.0833. The molecule has 1 aromatic carbocycles. The van der Waals surface area contributed by atoms with Crippen molar-refractivity contribution in [1.29, 1.82) is 0 Å². The summed E-state index contributed by atoms with van der Waals surface area (Å²) in [5.74, 6) is 5.21. The first-order chi connectivity index (χ1) is 8.63. The van der Waals surface area contributed by atoms with E-state index in [-0.39, 0.29) is 16.4 Å². The number of benzene rings is 1. The number of hydrogen-bond donors (Lipinski definition) is 1. The predicted molar refractivity (Wildman–Crippen MR) is 67.5 cm³/mol. The molecule has 0 saturated carbocycles. The molecular formula is C12H10ClN3O2+. The van der Waals surface area contributed by atoms with E-state index in [1.54, 1.807) is 6.07 Å². The molecule has 0 aliphatic carbocycles. The van der Waals surface area contributed by atoms with Gasteiger partial charge in [0.05, 0.1) is 23.8 Å². The van der Waals surface area contributed by atoms with E-state index in [9.17, 15) is 4.91 Å². The van der Waals surface area contributed by atoms with Gasteiger partial charge in [0.25, 0.3) is 5.88 Å². The van der Waals surface area contributed by atoms with Gasteiger partial charge in [-0.2, -0.15) is 5.84 Å². The second-order valence-electron chi connectivity index (χ2n) is 3.45. The largest absolute Gasteiger partial charge is 0.476 e. The molecule has 1 radical (unpaired) electrons. The third kappa shape index (κ3) is 2.26. The van der Waals surface area contributed by atoms with Gasteiger partial charge < -0.3 is 4.74 Å². The molecule has 0 atom stereocenters. The fourth-order valence-corrected chi connectivity index (χ4v) is 1.73. The van der Waals surface area contributed by atoms with E-state index in [0.717, 1.165) is 5.56 Å². The van der Waals surface area contributed by atoms with Crippen LogP contribution >= 0.6 is 11.6 Å². The normalized spacial score (nSPS) is 10.1. The summed E-state index contributed by atoms with van der Waals surface area (Å²) >= 11 is 6.07. The maximum absolute atomic E-state index is 11.1. The molecule has 0 saturated heterocycles. The minimum atomic E-state index is 0.0355. The zero-order valence-electron chi connectivity index (χ0n) is 9.55. The van der Waals surface area contributed by atoms with Crippen LogP contribution in [0.1, 0.15) is 0 Å². The Kier molecular flexibility index (Phi) is 3.43. The van der Waals surface area contributed by atoms with Crippen molar-refractivity contribution >= 4 is 17.3 Å². The Morgan fingerprint density at radius 3 is 2.78 bits per heavy atom. The number of nitroso groups, excluding NO2 is 1. The van der Waals surface area contributed by atoms with Gasteiger partial charge in [-0.25, -0.2) is 4.98 Å². The maximum Gasteiger partial charge on any atom is 0.361 e. The second kappa shape index (κ2) is 5.01. The standard InChI is InChI=1S/C12H10ClN3O2/c1-18-12-11(16(14)17)7-6-10(15-12)8-4-2-3-5-9(8)13/h2-6H,1H3,(H2,14,17)/q+1. The smallest absolute Gasteiger partial charge is 0.361 e. The average Bonchev–Trinajstić information content (AvgIpc) is 2.38. The molecule has 0 bridgehead atoms. The van der Waals surface area contributed by atoms with Gasteiger partial charge in [-0.1, -0.05) is 29.8 Å². The van der Waals surface area contributed by atoms with E-state index in [4.69, 9.17) is 22.2 Å². The Hall–Kier alpha value is -2.14. The van der Waals surface area contributed by atoms with E-state index in [1.807, 2.05) is 18.2 Å². The Balaban J connectivity index is 2.55. The number of aromatic nitrogens is 1. The summed E-state index contributed by atoms with van der Waals surface area (Å²) in [6, 6.07) is 11.5. The van der Waals surface area contributed by atoms with Crippen molar-refractivity contribution in [2.75, 3.05) is 7.11 Å².